The molecule has 2 heteroatoms. The van der Waals surface area contributed by atoms with Crippen molar-refractivity contribution in [3.63, 3.8) is 0 Å². The third-order valence-electron chi connectivity index (χ3n) is 3.50. The summed E-state index contributed by atoms with van der Waals surface area (Å²) in [5, 5.41) is 4.93. The number of hydrogen-bond acceptors (Lipinski definition) is 1. The van der Waals surface area contributed by atoms with E-state index in [1.165, 1.54) is 42.1 Å². The third-order valence-corrected chi connectivity index (χ3v) is 3.50. The SMILES string of the molecule is CCCCCCNCc1cn(C)c2ccccc12. The van der Waals surface area contributed by atoms with Gasteiger partial charge in [0.2, 0.25) is 0 Å². The molecule has 2 nitrogen and oxygen atoms in total. The molecule has 98 valence electrons. The van der Waals surface area contributed by atoms with E-state index in [0.717, 1.165) is 13.1 Å². The highest BCUT2D eigenvalue weighted by Crippen LogP contribution is 2.19. The van der Waals surface area contributed by atoms with E-state index in [1.807, 2.05) is 0 Å². The number of hydrogen-bond donors (Lipinski definition) is 1. The summed E-state index contributed by atoms with van der Waals surface area (Å²) < 4.78 is 2.21. The van der Waals surface area contributed by atoms with Gasteiger partial charge in [-0.1, -0.05) is 44.4 Å². The molecule has 0 unspecified atom stereocenters. The van der Waals surface area contributed by atoms with Crippen molar-refractivity contribution in [3.8, 4) is 0 Å². The molecule has 0 radical (unpaired) electrons. The largest absolute Gasteiger partial charge is 0.350 e. The minimum atomic E-state index is 0.980. The molecule has 18 heavy (non-hydrogen) atoms. The van der Waals surface area contributed by atoms with Crippen LogP contribution in [0.25, 0.3) is 10.9 Å². The number of unbranched alkanes of at least 4 members (excludes halogenated alkanes) is 3. The Morgan fingerprint density at radius 1 is 1.11 bits per heavy atom. The van der Waals surface area contributed by atoms with Crippen LogP contribution in [0.2, 0.25) is 0 Å². The summed E-state index contributed by atoms with van der Waals surface area (Å²) in [7, 11) is 2.12. The quantitative estimate of drug-likeness (QED) is 0.732. The summed E-state index contributed by atoms with van der Waals surface area (Å²) in [4.78, 5) is 0. The summed E-state index contributed by atoms with van der Waals surface area (Å²) in [5.41, 5.74) is 2.73. The van der Waals surface area contributed by atoms with Gasteiger partial charge in [0, 0.05) is 30.7 Å². The molecule has 0 aliphatic rings. The van der Waals surface area contributed by atoms with E-state index in [1.54, 1.807) is 0 Å². The number of aromatic nitrogens is 1. The van der Waals surface area contributed by atoms with Crippen molar-refractivity contribution in [2.24, 2.45) is 7.05 Å². The minimum absolute atomic E-state index is 0.980. The van der Waals surface area contributed by atoms with Crippen LogP contribution in [0.3, 0.4) is 0 Å². The second kappa shape index (κ2) is 6.60. The molecule has 0 saturated carbocycles. The molecule has 1 N–H and O–H groups in total. The van der Waals surface area contributed by atoms with Crippen LogP contribution in [0.4, 0.5) is 0 Å². The van der Waals surface area contributed by atoms with Crippen molar-refractivity contribution >= 4 is 10.9 Å². The topological polar surface area (TPSA) is 17.0 Å². The maximum absolute atomic E-state index is 3.55. The van der Waals surface area contributed by atoms with Gasteiger partial charge in [0.05, 0.1) is 0 Å². The highest BCUT2D eigenvalue weighted by molar-refractivity contribution is 5.83. The van der Waals surface area contributed by atoms with Gasteiger partial charge in [-0.3, -0.25) is 0 Å². The van der Waals surface area contributed by atoms with Crippen molar-refractivity contribution in [2.75, 3.05) is 6.54 Å². The van der Waals surface area contributed by atoms with E-state index in [-0.39, 0.29) is 0 Å². The van der Waals surface area contributed by atoms with Crippen LogP contribution < -0.4 is 5.32 Å². The Kier molecular flexibility index (Phi) is 4.82. The number of rotatable bonds is 7. The van der Waals surface area contributed by atoms with Gasteiger partial charge in [-0.2, -0.15) is 0 Å². The molecule has 0 aliphatic carbocycles. The maximum atomic E-state index is 3.55. The normalized spacial score (nSPS) is 11.2. The molecule has 2 aromatic rings. The van der Waals surface area contributed by atoms with Crippen LogP contribution in [-0.4, -0.2) is 11.1 Å². The van der Waals surface area contributed by atoms with Gasteiger partial charge >= 0.3 is 0 Å². The van der Waals surface area contributed by atoms with Gasteiger partial charge < -0.3 is 9.88 Å². The van der Waals surface area contributed by atoms with E-state index < -0.39 is 0 Å². The van der Waals surface area contributed by atoms with E-state index in [4.69, 9.17) is 0 Å². The summed E-state index contributed by atoms with van der Waals surface area (Å²) in [6.07, 6.45) is 7.54. The maximum Gasteiger partial charge on any atom is 0.0481 e. The lowest BCUT2D eigenvalue weighted by Gasteiger charge is -2.03. The molecular weight excluding hydrogens is 220 g/mol. The van der Waals surface area contributed by atoms with Crippen LogP contribution >= 0.6 is 0 Å². The molecule has 1 aromatic heterocycles. The van der Waals surface area contributed by atoms with E-state index in [9.17, 15) is 0 Å². The first-order valence-corrected chi connectivity index (χ1v) is 7.06. The smallest absolute Gasteiger partial charge is 0.0481 e. The fourth-order valence-corrected chi connectivity index (χ4v) is 2.47. The van der Waals surface area contributed by atoms with Crippen molar-refractivity contribution in [2.45, 2.75) is 39.2 Å². The fourth-order valence-electron chi connectivity index (χ4n) is 2.47. The number of aryl methyl sites for hydroxylation is 1. The Balaban J connectivity index is 1.88. The average molecular weight is 244 g/mol. The zero-order valence-corrected chi connectivity index (χ0v) is 11.6. The highest BCUT2D eigenvalue weighted by Gasteiger charge is 2.04. The minimum Gasteiger partial charge on any atom is -0.350 e. The van der Waals surface area contributed by atoms with Crippen molar-refractivity contribution < 1.29 is 0 Å². The number of nitrogens with zero attached hydrogens (tertiary/aromatic N) is 1. The van der Waals surface area contributed by atoms with Gasteiger partial charge in [-0.25, -0.2) is 0 Å². The first-order valence-electron chi connectivity index (χ1n) is 7.06. The third kappa shape index (κ3) is 3.14. The number of benzene rings is 1. The molecule has 0 amide bonds. The second-order valence-electron chi connectivity index (χ2n) is 5.02. The van der Waals surface area contributed by atoms with Crippen LogP contribution in [0.1, 0.15) is 38.2 Å². The summed E-state index contributed by atoms with van der Waals surface area (Å²) in [6.45, 7) is 4.36. The summed E-state index contributed by atoms with van der Waals surface area (Å²) >= 11 is 0. The standard InChI is InChI=1S/C16H24N2/c1-3-4-5-8-11-17-12-14-13-18(2)16-10-7-6-9-15(14)16/h6-7,9-10,13,17H,3-5,8,11-12H2,1-2H3. The molecule has 0 spiro atoms. The Labute approximate surface area is 110 Å². The Bertz CT molecular complexity index is 485. The highest BCUT2D eigenvalue weighted by atomic mass is 14.9. The fraction of sp³-hybridized carbons (Fsp3) is 0.500. The van der Waals surface area contributed by atoms with Crippen molar-refractivity contribution in [1.29, 1.82) is 0 Å². The molecule has 0 fully saturated rings. The second-order valence-corrected chi connectivity index (χ2v) is 5.02. The summed E-state index contributed by atoms with van der Waals surface area (Å²) in [5.74, 6) is 0. The first kappa shape index (κ1) is 13.2. The van der Waals surface area contributed by atoms with Crippen molar-refractivity contribution in [3.05, 3.63) is 36.0 Å². The predicted octanol–water partition coefficient (Wildman–Crippen LogP) is 3.85. The molecule has 0 atom stereocenters. The van der Waals surface area contributed by atoms with Gasteiger partial charge in [0.15, 0.2) is 0 Å². The van der Waals surface area contributed by atoms with E-state index in [2.05, 4.69) is 54.3 Å². The molecule has 2 rings (SSSR count). The van der Waals surface area contributed by atoms with Crippen LogP contribution in [-0.2, 0) is 13.6 Å². The lowest BCUT2D eigenvalue weighted by Crippen LogP contribution is -2.14. The number of nitrogens with one attached hydrogen (secondary N) is 1. The Morgan fingerprint density at radius 3 is 2.78 bits per heavy atom. The van der Waals surface area contributed by atoms with Crippen LogP contribution in [0, 0.1) is 0 Å². The van der Waals surface area contributed by atoms with Gasteiger partial charge in [0.1, 0.15) is 0 Å². The molecule has 0 aliphatic heterocycles. The van der Waals surface area contributed by atoms with Gasteiger partial charge in [-0.05, 0) is 24.6 Å². The lowest BCUT2D eigenvalue weighted by atomic mass is 10.1. The monoisotopic (exact) mass is 244 g/mol. The molecule has 0 bridgehead atoms. The number of fused-ring (bicyclic) bond motifs is 1. The van der Waals surface area contributed by atoms with Crippen LogP contribution in [0.5, 0.6) is 0 Å². The summed E-state index contributed by atoms with van der Waals surface area (Å²) in [6, 6.07) is 8.61. The predicted molar refractivity (Wildman–Crippen MR) is 78.8 cm³/mol. The zero-order valence-electron chi connectivity index (χ0n) is 11.6. The Hall–Kier alpha value is -1.28. The molecular formula is C16H24N2. The van der Waals surface area contributed by atoms with Gasteiger partial charge in [-0.15, -0.1) is 0 Å². The molecule has 1 heterocycles. The Morgan fingerprint density at radius 2 is 1.94 bits per heavy atom. The lowest BCUT2D eigenvalue weighted by molar-refractivity contribution is 0.599. The van der Waals surface area contributed by atoms with Crippen molar-refractivity contribution in [1.82, 2.24) is 9.88 Å². The zero-order chi connectivity index (χ0) is 12.8. The van der Waals surface area contributed by atoms with Crippen LogP contribution in [0.15, 0.2) is 30.5 Å². The van der Waals surface area contributed by atoms with Gasteiger partial charge in [0.25, 0.3) is 0 Å². The van der Waals surface area contributed by atoms with E-state index in [0.29, 0.717) is 0 Å². The first-order chi connectivity index (χ1) is 8.83. The molecule has 1 aromatic carbocycles. The van der Waals surface area contributed by atoms with E-state index >= 15 is 0 Å². The number of para-hydroxylation sites is 1. The molecule has 0 saturated heterocycles. The average Bonchev–Trinajstić information content (AvgIpc) is 2.71.